The number of aromatic amines is 1. The van der Waals surface area contributed by atoms with Crippen LogP contribution in [0.2, 0.25) is 0 Å². The minimum absolute atomic E-state index is 0.137. The Hall–Kier alpha value is -0.910. The molecule has 0 saturated heterocycles. The number of rotatable bonds is 5. The van der Waals surface area contributed by atoms with Crippen molar-refractivity contribution < 1.29 is 18.5 Å². The van der Waals surface area contributed by atoms with E-state index < -0.39 is 7.82 Å². The minimum atomic E-state index is -4.03. The highest BCUT2D eigenvalue weighted by atomic mass is 31.2. The molecule has 1 rings (SSSR count). The summed E-state index contributed by atoms with van der Waals surface area (Å²) in [6.07, 6.45) is 1.79. The minimum Gasteiger partial charge on any atom is -0.369 e. The van der Waals surface area contributed by atoms with E-state index >= 15 is 0 Å². The van der Waals surface area contributed by atoms with E-state index in [9.17, 15) is 4.57 Å². The second kappa shape index (κ2) is 4.36. The highest BCUT2D eigenvalue weighted by molar-refractivity contribution is 7.47. The van der Waals surface area contributed by atoms with Crippen LogP contribution in [0.25, 0.3) is 0 Å². The molecule has 0 aliphatic heterocycles. The molecule has 0 fully saturated rings. The van der Waals surface area contributed by atoms with Gasteiger partial charge in [0.25, 0.3) is 0 Å². The van der Waals surface area contributed by atoms with Crippen molar-refractivity contribution in [2.24, 2.45) is 0 Å². The molecule has 0 aromatic carbocycles. The molecular formula is C5H10N3O4P. The molecule has 2 N–H and O–H groups in total. The van der Waals surface area contributed by atoms with Gasteiger partial charge >= 0.3 is 13.8 Å². The van der Waals surface area contributed by atoms with E-state index in [0.717, 1.165) is 6.33 Å². The highest BCUT2D eigenvalue weighted by Gasteiger charge is 2.23. The Morgan fingerprint density at radius 2 is 2.54 bits per heavy atom. The third-order valence-electron chi connectivity index (χ3n) is 1.05. The number of hydrogen-bond acceptors (Lipinski definition) is 5. The van der Waals surface area contributed by atoms with E-state index in [1.54, 1.807) is 0 Å². The molecule has 13 heavy (non-hydrogen) atoms. The van der Waals surface area contributed by atoms with Crippen LogP contribution in [0, 0.1) is 0 Å². The lowest BCUT2D eigenvalue weighted by Gasteiger charge is -2.08. The Kier molecular flexibility index (Phi) is 3.41. The molecule has 1 heterocycles. The standard InChI is InChI=1S/C5H10N3O4P/c1-2-3-11-13(9,10)12-5-6-4-7-8-5/h4H,2-3H2,1H3,(H,9,10)(H,6,7,8). The fourth-order valence-electron chi connectivity index (χ4n) is 0.581. The van der Waals surface area contributed by atoms with Crippen LogP contribution in [0.1, 0.15) is 13.3 Å². The van der Waals surface area contributed by atoms with Gasteiger partial charge in [0.05, 0.1) is 6.61 Å². The first-order valence-electron chi connectivity index (χ1n) is 3.66. The van der Waals surface area contributed by atoms with Gasteiger partial charge in [-0.15, -0.1) is 0 Å². The number of H-pyrrole nitrogens is 1. The normalized spacial score (nSPS) is 15.2. The van der Waals surface area contributed by atoms with Crippen LogP contribution >= 0.6 is 7.82 Å². The van der Waals surface area contributed by atoms with Crippen molar-refractivity contribution in [3.63, 3.8) is 0 Å². The molecule has 0 bridgehead atoms. The zero-order chi connectivity index (χ0) is 9.73. The van der Waals surface area contributed by atoms with Crippen molar-refractivity contribution in [1.82, 2.24) is 15.2 Å². The molecule has 74 valence electrons. The van der Waals surface area contributed by atoms with Crippen molar-refractivity contribution >= 4 is 7.82 Å². The molecule has 1 unspecified atom stereocenters. The summed E-state index contributed by atoms with van der Waals surface area (Å²) in [7, 11) is -4.03. The Bertz CT molecular complexity index is 288. The molecule has 0 spiro atoms. The van der Waals surface area contributed by atoms with E-state index in [-0.39, 0.29) is 12.6 Å². The number of phosphoric acid groups is 1. The quantitative estimate of drug-likeness (QED) is 0.690. The van der Waals surface area contributed by atoms with E-state index in [4.69, 9.17) is 4.89 Å². The van der Waals surface area contributed by atoms with E-state index in [1.165, 1.54) is 0 Å². The fourth-order valence-corrected chi connectivity index (χ4v) is 1.35. The molecule has 7 nitrogen and oxygen atoms in total. The molecule has 0 saturated carbocycles. The largest absolute Gasteiger partial charge is 0.529 e. The Morgan fingerprint density at radius 3 is 3.08 bits per heavy atom. The van der Waals surface area contributed by atoms with E-state index in [2.05, 4.69) is 24.2 Å². The Balaban J connectivity index is 2.47. The van der Waals surface area contributed by atoms with Gasteiger partial charge in [-0.2, -0.15) is 10.1 Å². The van der Waals surface area contributed by atoms with Gasteiger partial charge in [-0.05, 0) is 6.42 Å². The lowest BCUT2D eigenvalue weighted by molar-refractivity contribution is 0.199. The summed E-state index contributed by atoms with van der Waals surface area (Å²) in [4.78, 5) is 12.5. The summed E-state index contributed by atoms with van der Waals surface area (Å²) in [5.74, 6) is 0. The van der Waals surface area contributed by atoms with E-state index in [1.807, 2.05) is 6.92 Å². The number of phosphoric ester groups is 1. The van der Waals surface area contributed by atoms with Gasteiger partial charge < -0.3 is 4.52 Å². The maximum Gasteiger partial charge on any atom is 0.529 e. The van der Waals surface area contributed by atoms with Crippen LogP contribution < -0.4 is 4.52 Å². The number of nitrogens with one attached hydrogen (secondary N) is 1. The maximum atomic E-state index is 11.1. The second-order valence-electron chi connectivity index (χ2n) is 2.18. The predicted octanol–water partition coefficient (Wildman–Crippen LogP) is 0.710. The van der Waals surface area contributed by atoms with Crippen molar-refractivity contribution in [2.75, 3.05) is 6.61 Å². The monoisotopic (exact) mass is 207 g/mol. The SMILES string of the molecule is CCCOP(=O)(O)Oc1ncn[nH]1. The molecule has 0 radical (unpaired) electrons. The first kappa shape index (κ1) is 10.2. The Morgan fingerprint density at radius 1 is 1.77 bits per heavy atom. The van der Waals surface area contributed by atoms with Gasteiger partial charge in [0.1, 0.15) is 6.33 Å². The zero-order valence-electron chi connectivity index (χ0n) is 7.01. The van der Waals surface area contributed by atoms with Crippen LogP contribution in [0.5, 0.6) is 6.01 Å². The smallest absolute Gasteiger partial charge is 0.369 e. The maximum absolute atomic E-state index is 11.1. The van der Waals surface area contributed by atoms with Crippen molar-refractivity contribution in [2.45, 2.75) is 13.3 Å². The molecule has 0 aliphatic carbocycles. The van der Waals surface area contributed by atoms with Crippen molar-refractivity contribution in [3.05, 3.63) is 6.33 Å². The van der Waals surface area contributed by atoms with E-state index in [0.29, 0.717) is 6.42 Å². The Labute approximate surface area is 74.7 Å². The fraction of sp³-hybridized carbons (Fsp3) is 0.600. The van der Waals surface area contributed by atoms with Gasteiger partial charge in [-0.3, -0.25) is 9.42 Å². The van der Waals surface area contributed by atoms with Gasteiger partial charge in [0.2, 0.25) is 0 Å². The summed E-state index contributed by atoms with van der Waals surface area (Å²) in [6, 6.07) is -0.137. The molecule has 1 aromatic heterocycles. The van der Waals surface area contributed by atoms with Crippen molar-refractivity contribution in [1.29, 1.82) is 0 Å². The molecular weight excluding hydrogens is 197 g/mol. The number of hydrogen-bond donors (Lipinski definition) is 2. The molecule has 1 aromatic rings. The van der Waals surface area contributed by atoms with Gasteiger partial charge in [-0.25, -0.2) is 9.66 Å². The molecule has 0 amide bonds. The molecule has 8 heteroatoms. The van der Waals surface area contributed by atoms with Gasteiger partial charge in [0.15, 0.2) is 0 Å². The van der Waals surface area contributed by atoms with Crippen LogP contribution in [-0.2, 0) is 9.09 Å². The average molecular weight is 207 g/mol. The number of aromatic nitrogens is 3. The summed E-state index contributed by atoms with van der Waals surface area (Å²) in [6.45, 7) is 1.97. The van der Waals surface area contributed by atoms with Crippen molar-refractivity contribution in [3.8, 4) is 6.01 Å². The molecule has 1 atom stereocenters. The molecule has 0 aliphatic rings. The van der Waals surface area contributed by atoms with Gasteiger partial charge in [-0.1, -0.05) is 6.92 Å². The first-order chi connectivity index (χ1) is 6.14. The second-order valence-corrected chi connectivity index (χ2v) is 3.56. The summed E-state index contributed by atoms with van der Waals surface area (Å²) in [5.41, 5.74) is 0. The highest BCUT2D eigenvalue weighted by Crippen LogP contribution is 2.42. The van der Waals surface area contributed by atoms with Crippen LogP contribution in [0.4, 0.5) is 0 Å². The van der Waals surface area contributed by atoms with Crippen LogP contribution in [0.15, 0.2) is 6.33 Å². The lowest BCUT2D eigenvalue weighted by Crippen LogP contribution is -1.99. The average Bonchev–Trinajstić information content (AvgIpc) is 2.52. The van der Waals surface area contributed by atoms with Crippen LogP contribution in [0.3, 0.4) is 0 Å². The first-order valence-corrected chi connectivity index (χ1v) is 5.16. The van der Waals surface area contributed by atoms with Crippen LogP contribution in [-0.4, -0.2) is 26.7 Å². The topological polar surface area (TPSA) is 97.3 Å². The lowest BCUT2D eigenvalue weighted by atomic mass is 10.5. The summed E-state index contributed by atoms with van der Waals surface area (Å²) < 4.78 is 20.1. The predicted molar refractivity (Wildman–Crippen MR) is 43.1 cm³/mol. The summed E-state index contributed by atoms with van der Waals surface area (Å²) >= 11 is 0. The van der Waals surface area contributed by atoms with Gasteiger partial charge in [0, 0.05) is 0 Å². The third kappa shape index (κ3) is 3.54. The number of nitrogens with zero attached hydrogens (tertiary/aromatic N) is 2. The summed E-state index contributed by atoms with van der Waals surface area (Å²) in [5, 5.41) is 5.71. The zero-order valence-corrected chi connectivity index (χ0v) is 7.90. The third-order valence-corrected chi connectivity index (χ3v) is 1.97.